The molecule has 0 aliphatic rings. The molecule has 0 aliphatic carbocycles. The average Bonchev–Trinajstić information content (AvgIpc) is 2.38. The van der Waals surface area contributed by atoms with E-state index in [-0.39, 0.29) is 29.5 Å². The zero-order valence-electron chi connectivity index (χ0n) is 14.9. The van der Waals surface area contributed by atoms with Crippen LogP contribution in [0, 0.1) is 16.2 Å². The van der Waals surface area contributed by atoms with Gasteiger partial charge in [-0.05, 0) is 6.42 Å². The molecule has 0 fully saturated rings. The van der Waals surface area contributed by atoms with E-state index in [1.54, 1.807) is 0 Å². The molecule has 2 N–H and O–H groups in total. The minimum Gasteiger partial charge on any atom is -0.396 e. The fourth-order valence-corrected chi connectivity index (χ4v) is 2.03. The number of aliphatic hydroxyl groups is 2. The number of aliphatic hydroxyl groups excluding tert-OH is 2. The first kappa shape index (κ1) is 20.8. The summed E-state index contributed by atoms with van der Waals surface area (Å²) in [5, 5.41) is 18.5. The summed E-state index contributed by atoms with van der Waals surface area (Å²) in [6.45, 7) is 14.9. The number of rotatable bonds is 12. The molecule has 0 bridgehead atoms. The van der Waals surface area contributed by atoms with Crippen LogP contribution in [0.2, 0.25) is 0 Å². The number of hydrogen-bond acceptors (Lipinski definition) is 4. The van der Waals surface area contributed by atoms with Crippen molar-refractivity contribution in [3.63, 3.8) is 0 Å². The summed E-state index contributed by atoms with van der Waals surface area (Å²) in [6.07, 6.45) is 2.11. The van der Waals surface area contributed by atoms with E-state index in [2.05, 4.69) is 13.8 Å². The Labute approximate surface area is 130 Å². The molecule has 4 heteroatoms. The van der Waals surface area contributed by atoms with E-state index in [9.17, 15) is 10.2 Å². The van der Waals surface area contributed by atoms with Gasteiger partial charge in [-0.3, -0.25) is 0 Å². The van der Waals surface area contributed by atoms with Crippen LogP contribution >= 0.6 is 0 Å². The molecule has 0 aromatic carbocycles. The summed E-state index contributed by atoms with van der Waals surface area (Å²) < 4.78 is 11.7. The van der Waals surface area contributed by atoms with Crippen LogP contribution in [-0.2, 0) is 9.47 Å². The van der Waals surface area contributed by atoms with Crippen molar-refractivity contribution in [1.82, 2.24) is 0 Å². The predicted octanol–water partition coefficient (Wildman–Crippen LogP) is 2.86. The summed E-state index contributed by atoms with van der Waals surface area (Å²) in [5.41, 5.74) is -0.425. The van der Waals surface area contributed by atoms with Crippen molar-refractivity contribution in [2.45, 2.75) is 54.4 Å². The quantitative estimate of drug-likeness (QED) is 0.582. The Balaban J connectivity index is 4.29. The summed E-state index contributed by atoms with van der Waals surface area (Å²) in [7, 11) is 0. The molecule has 0 saturated carbocycles. The Morgan fingerprint density at radius 3 is 1.38 bits per heavy atom. The standard InChI is InChI=1S/C17H36O4/c1-7-8-17(6,13-20-11-15(2,3)9-18)14-21-12-16(4,5)10-19/h18-19H,7-14H2,1-6H3. The summed E-state index contributed by atoms with van der Waals surface area (Å²) >= 11 is 0. The Kier molecular flexibility index (Phi) is 9.02. The Morgan fingerprint density at radius 2 is 1.10 bits per heavy atom. The van der Waals surface area contributed by atoms with Crippen molar-refractivity contribution < 1.29 is 19.7 Å². The smallest absolute Gasteiger partial charge is 0.0542 e. The predicted molar refractivity (Wildman–Crippen MR) is 86.4 cm³/mol. The molecule has 0 heterocycles. The van der Waals surface area contributed by atoms with Gasteiger partial charge in [0.05, 0.1) is 39.6 Å². The third kappa shape index (κ3) is 9.46. The molecule has 4 nitrogen and oxygen atoms in total. The van der Waals surface area contributed by atoms with Gasteiger partial charge in [0.2, 0.25) is 0 Å². The van der Waals surface area contributed by atoms with E-state index in [1.165, 1.54) is 0 Å². The molecule has 128 valence electrons. The van der Waals surface area contributed by atoms with Crippen LogP contribution < -0.4 is 0 Å². The fourth-order valence-electron chi connectivity index (χ4n) is 2.03. The van der Waals surface area contributed by atoms with E-state index in [1.807, 2.05) is 27.7 Å². The van der Waals surface area contributed by atoms with Crippen LogP contribution in [0.3, 0.4) is 0 Å². The van der Waals surface area contributed by atoms with E-state index in [4.69, 9.17) is 9.47 Å². The Bertz CT molecular complexity index is 252. The molecule has 0 spiro atoms. The molecule has 0 rings (SSSR count). The number of ether oxygens (including phenoxy) is 2. The van der Waals surface area contributed by atoms with E-state index in [0.717, 1.165) is 12.8 Å². The van der Waals surface area contributed by atoms with Crippen LogP contribution in [0.15, 0.2) is 0 Å². The SMILES string of the molecule is CCCC(C)(COCC(C)(C)CO)COCC(C)(C)CO. The van der Waals surface area contributed by atoms with Crippen molar-refractivity contribution >= 4 is 0 Å². The first-order valence-corrected chi connectivity index (χ1v) is 7.97. The monoisotopic (exact) mass is 304 g/mol. The van der Waals surface area contributed by atoms with Crippen LogP contribution in [0.5, 0.6) is 0 Å². The Hall–Kier alpha value is -0.160. The lowest BCUT2D eigenvalue weighted by Crippen LogP contribution is -2.34. The van der Waals surface area contributed by atoms with Gasteiger partial charge in [-0.15, -0.1) is 0 Å². The van der Waals surface area contributed by atoms with Crippen molar-refractivity contribution in [2.75, 3.05) is 39.6 Å². The maximum absolute atomic E-state index is 9.26. The van der Waals surface area contributed by atoms with Gasteiger partial charge in [-0.1, -0.05) is 48.0 Å². The zero-order valence-corrected chi connectivity index (χ0v) is 14.9. The molecule has 0 aromatic heterocycles. The van der Waals surface area contributed by atoms with Gasteiger partial charge in [0.1, 0.15) is 0 Å². The summed E-state index contributed by atoms with van der Waals surface area (Å²) in [4.78, 5) is 0. The topological polar surface area (TPSA) is 58.9 Å². The molecule has 0 radical (unpaired) electrons. The molecule has 0 saturated heterocycles. The largest absolute Gasteiger partial charge is 0.396 e. The van der Waals surface area contributed by atoms with Crippen molar-refractivity contribution in [2.24, 2.45) is 16.2 Å². The third-order valence-electron chi connectivity index (χ3n) is 3.60. The van der Waals surface area contributed by atoms with Gasteiger partial charge < -0.3 is 19.7 Å². The lowest BCUT2D eigenvalue weighted by molar-refractivity contribution is -0.0620. The van der Waals surface area contributed by atoms with E-state index in [0.29, 0.717) is 26.4 Å². The first-order valence-electron chi connectivity index (χ1n) is 7.97. The molecule has 0 aromatic rings. The van der Waals surface area contributed by atoms with Crippen LogP contribution in [0.1, 0.15) is 54.4 Å². The molecule has 21 heavy (non-hydrogen) atoms. The second kappa shape index (κ2) is 9.09. The van der Waals surface area contributed by atoms with Crippen LogP contribution in [0.25, 0.3) is 0 Å². The highest BCUT2D eigenvalue weighted by atomic mass is 16.5. The zero-order chi connectivity index (χ0) is 16.6. The first-order chi connectivity index (χ1) is 9.60. The van der Waals surface area contributed by atoms with Crippen molar-refractivity contribution in [1.29, 1.82) is 0 Å². The van der Waals surface area contributed by atoms with Crippen LogP contribution in [-0.4, -0.2) is 49.9 Å². The minimum atomic E-state index is -0.202. The highest BCUT2D eigenvalue weighted by molar-refractivity contribution is 4.75. The molecule has 0 unspecified atom stereocenters. The van der Waals surface area contributed by atoms with Crippen molar-refractivity contribution in [3.05, 3.63) is 0 Å². The van der Waals surface area contributed by atoms with E-state index >= 15 is 0 Å². The maximum Gasteiger partial charge on any atom is 0.0542 e. The van der Waals surface area contributed by atoms with Gasteiger partial charge in [0.15, 0.2) is 0 Å². The van der Waals surface area contributed by atoms with E-state index < -0.39 is 0 Å². The molecular formula is C17H36O4. The Morgan fingerprint density at radius 1 is 0.714 bits per heavy atom. The summed E-state index contributed by atoms with van der Waals surface area (Å²) in [6, 6.07) is 0. The fraction of sp³-hybridized carbons (Fsp3) is 1.00. The molecule has 0 amide bonds. The van der Waals surface area contributed by atoms with Crippen molar-refractivity contribution in [3.8, 4) is 0 Å². The molecular weight excluding hydrogens is 268 g/mol. The van der Waals surface area contributed by atoms with Crippen LogP contribution in [0.4, 0.5) is 0 Å². The van der Waals surface area contributed by atoms with Gasteiger partial charge >= 0.3 is 0 Å². The lowest BCUT2D eigenvalue weighted by Gasteiger charge is -2.32. The molecule has 0 atom stereocenters. The third-order valence-corrected chi connectivity index (χ3v) is 3.60. The second-order valence-electron chi connectivity index (χ2n) is 8.19. The maximum atomic E-state index is 9.26. The highest BCUT2D eigenvalue weighted by Gasteiger charge is 2.27. The summed E-state index contributed by atoms with van der Waals surface area (Å²) in [5.74, 6) is 0. The number of hydrogen-bond donors (Lipinski definition) is 2. The molecule has 0 aliphatic heterocycles. The van der Waals surface area contributed by atoms with Gasteiger partial charge in [-0.25, -0.2) is 0 Å². The average molecular weight is 304 g/mol. The normalized spacial score (nSPS) is 13.7. The highest BCUT2D eigenvalue weighted by Crippen LogP contribution is 2.27. The van der Waals surface area contributed by atoms with Gasteiger partial charge in [0.25, 0.3) is 0 Å². The second-order valence-corrected chi connectivity index (χ2v) is 8.19. The lowest BCUT2D eigenvalue weighted by atomic mass is 9.87. The van der Waals surface area contributed by atoms with Gasteiger partial charge in [0, 0.05) is 16.2 Å². The minimum absolute atomic E-state index is 0.0220. The van der Waals surface area contributed by atoms with Gasteiger partial charge in [-0.2, -0.15) is 0 Å².